The van der Waals surface area contributed by atoms with Gasteiger partial charge in [0, 0.05) is 12.6 Å². The number of nitrogens with zero attached hydrogens (tertiary/aromatic N) is 1. The number of nitrogens with one attached hydrogen (secondary N) is 1. The Kier molecular flexibility index (Phi) is 3.40. The quantitative estimate of drug-likeness (QED) is 0.425. The molecule has 1 aromatic carbocycles. The minimum Gasteiger partial charge on any atom is -0.389 e. The molecule has 0 aliphatic carbocycles. The van der Waals surface area contributed by atoms with Crippen molar-refractivity contribution in [3.05, 3.63) is 35.4 Å². The van der Waals surface area contributed by atoms with Crippen molar-refractivity contribution in [2.75, 3.05) is 7.05 Å². The molecule has 0 bridgehead atoms. The summed E-state index contributed by atoms with van der Waals surface area (Å²) in [4.78, 5) is 0.414. The zero-order valence-electron chi connectivity index (χ0n) is 7.32. The molecule has 68 valence electrons. The lowest BCUT2D eigenvalue weighted by Gasteiger charge is -1.97. The van der Waals surface area contributed by atoms with Gasteiger partial charge in [-0.3, -0.25) is 0 Å². The van der Waals surface area contributed by atoms with E-state index in [0.29, 0.717) is 4.99 Å². The molecule has 0 fully saturated rings. The number of hydrogen-bond donors (Lipinski definition) is 2. The van der Waals surface area contributed by atoms with Crippen LogP contribution in [-0.4, -0.2) is 18.3 Å². The largest absolute Gasteiger partial charge is 0.389 e. The predicted octanol–water partition coefficient (Wildman–Crippen LogP) is 0.874. The highest BCUT2D eigenvalue weighted by Gasteiger charge is 1.94. The summed E-state index contributed by atoms with van der Waals surface area (Å²) >= 11 is 4.82. The molecule has 0 saturated carbocycles. The van der Waals surface area contributed by atoms with E-state index in [1.807, 2.05) is 24.3 Å². The van der Waals surface area contributed by atoms with E-state index in [2.05, 4.69) is 10.5 Å². The molecule has 0 aliphatic rings. The zero-order valence-corrected chi connectivity index (χ0v) is 8.14. The van der Waals surface area contributed by atoms with Crippen molar-refractivity contribution in [2.45, 2.75) is 0 Å². The van der Waals surface area contributed by atoms with E-state index >= 15 is 0 Å². The van der Waals surface area contributed by atoms with Gasteiger partial charge in [-0.15, -0.1) is 0 Å². The lowest BCUT2D eigenvalue weighted by atomic mass is 10.1. The number of hydrazone groups is 1. The minimum absolute atomic E-state index is 0.414. The van der Waals surface area contributed by atoms with Gasteiger partial charge in [-0.25, -0.2) is 0 Å². The van der Waals surface area contributed by atoms with Crippen LogP contribution in [0.1, 0.15) is 11.1 Å². The van der Waals surface area contributed by atoms with Crippen LogP contribution in [0.3, 0.4) is 0 Å². The maximum atomic E-state index is 5.45. The number of benzene rings is 1. The summed E-state index contributed by atoms with van der Waals surface area (Å²) in [5, 5.41) is 3.88. The van der Waals surface area contributed by atoms with Gasteiger partial charge in [-0.1, -0.05) is 36.5 Å². The fourth-order valence-electron chi connectivity index (χ4n) is 0.873. The van der Waals surface area contributed by atoms with Crippen molar-refractivity contribution >= 4 is 23.4 Å². The second-order valence-corrected chi connectivity index (χ2v) is 2.91. The van der Waals surface area contributed by atoms with Crippen molar-refractivity contribution in [2.24, 2.45) is 10.8 Å². The number of nitrogens with two attached hydrogens (primary N) is 1. The third-order valence-electron chi connectivity index (χ3n) is 1.54. The Balaban J connectivity index is 2.81. The predicted molar refractivity (Wildman–Crippen MR) is 59.0 cm³/mol. The van der Waals surface area contributed by atoms with E-state index < -0.39 is 0 Å². The molecule has 0 amide bonds. The Morgan fingerprint density at radius 1 is 1.46 bits per heavy atom. The molecule has 0 radical (unpaired) electrons. The van der Waals surface area contributed by atoms with Crippen LogP contribution in [0.4, 0.5) is 0 Å². The Morgan fingerprint density at radius 3 is 2.54 bits per heavy atom. The van der Waals surface area contributed by atoms with Gasteiger partial charge in [0.1, 0.15) is 4.99 Å². The van der Waals surface area contributed by atoms with Gasteiger partial charge in [0.2, 0.25) is 0 Å². The lowest BCUT2D eigenvalue weighted by Crippen LogP contribution is -2.08. The third kappa shape index (κ3) is 2.83. The summed E-state index contributed by atoms with van der Waals surface area (Å²) in [6, 6.07) is 7.57. The van der Waals surface area contributed by atoms with Crippen molar-refractivity contribution < 1.29 is 0 Å². The van der Waals surface area contributed by atoms with Crippen molar-refractivity contribution in [3.63, 3.8) is 0 Å². The fourth-order valence-corrected chi connectivity index (χ4v) is 1.01. The second kappa shape index (κ2) is 4.57. The van der Waals surface area contributed by atoms with Gasteiger partial charge in [-0.05, 0) is 5.56 Å². The molecule has 13 heavy (non-hydrogen) atoms. The fraction of sp³-hybridized carbons (Fsp3) is 0.111. The standard InChI is InChI=1S/C9H11N3S/c1-11-12-6-7-2-4-8(5-3-7)9(10)13/h2-6,11H,1H3,(H2,10,13). The van der Waals surface area contributed by atoms with Gasteiger partial charge in [0.15, 0.2) is 0 Å². The first kappa shape index (κ1) is 9.67. The Morgan fingerprint density at radius 2 is 2.08 bits per heavy atom. The first-order valence-corrected chi connectivity index (χ1v) is 4.24. The molecule has 4 heteroatoms. The Hall–Kier alpha value is -1.42. The summed E-state index contributed by atoms with van der Waals surface area (Å²) in [6.45, 7) is 0. The molecule has 1 aromatic rings. The summed E-state index contributed by atoms with van der Waals surface area (Å²) in [7, 11) is 1.75. The zero-order chi connectivity index (χ0) is 9.68. The third-order valence-corrected chi connectivity index (χ3v) is 1.77. The number of rotatable bonds is 3. The molecule has 0 aromatic heterocycles. The van der Waals surface area contributed by atoms with Crippen LogP contribution in [0.2, 0.25) is 0 Å². The molecule has 3 nitrogen and oxygen atoms in total. The van der Waals surface area contributed by atoms with Crippen LogP contribution < -0.4 is 11.2 Å². The molecule has 3 N–H and O–H groups in total. The van der Waals surface area contributed by atoms with E-state index in [1.165, 1.54) is 0 Å². The van der Waals surface area contributed by atoms with Crippen LogP contribution >= 0.6 is 12.2 Å². The maximum Gasteiger partial charge on any atom is 0.103 e. The molecule has 0 atom stereocenters. The molecule has 0 aliphatic heterocycles. The second-order valence-electron chi connectivity index (χ2n) is 2.47. The highest BCUT2D eigenvalue weighted by Crippen LogP contribution is 2.01. The maximum absolute atomic E-state index is 5.45. The van der Waals surface area contributed by atoms with Crippen LogP contribution in [0, 0.1) is 0 Å². The van der Waals surface area contributed by atoms with Gasteiger partial charge >= 0.3 is 0 Å². The van der Waals surface area contributed by atoms with Crippen LogP contribution in [-0.2, 0) is 0 Å². The molecule has 0 unspecified atom stereocenters. The van der Waals surface area contributed by atoms with E-state index in [9.17, 15) is 0 Å². The first-order chi connectivity index (χ1) is 6.24. The Bertz CT molecular complexity index is 316. The average Bonchev–Trinajstić information content (AvgIpc) is 2.15. The van der Waals surface area contributed by atoms with E-state index in [1.54, 1.807) is 13.3 Å². The minimum atomic E-state index is 0.414. The van der Waals surface area contributed by atoms with E-state index in [0.717, 1.165) is 11.1 Å². The van der Waals surface area contributed by atoms with Crippen LogP contribution in [0.5, 0.6) is 0 Å². The van der Waals surface area contributed by atoms with Gasteiger partial charge in [0.25, 0.3) is 0 Å². The highest BCUT2D eigenvalue weighted by molar-refractivity contribution is 7.80. The molecule has 1 rings (SSSR count). The average molecular weight is 193 g/mol. The number of hydrogen-bond acceptors (Lipinski definition) is 3. The van der Waals surface area contributed by atoms with Crippen LogP contribution in [0.25, 0.3) is 0 Å². The van der Waals surface area contributed by atoms with Gasteiger partial charge in [0.05, 0.1) is 6.21 Å². The SMILES string of the molecule is CNN=Cc1ccc(C(N)=S)cc1. The number of thiocarbonyl (C=S) groups is 1. The van der Waals surface area contributed by atoms with Gasteiger partial charge < -0.3 is 11.2 Å². The summed E-state index contributed by atoms with van der Waals surface area (Å²) in [5.74, 6) is 0. The van der Waals surface area contributed by atoms with Crippen molar-refractivity contribution in [1.82, 2.24) is 5.43 Å². The molecule has 0 saturated heterocycles. The summed E-state index contributed by atoms with van der Waals surface area (Å²) < 4.78 is 0. The molecular weight excluding hydrogens is 182 g/mol. The monoisotopic (exact) mass is 193 g/mol. The highest BCUT2D eigenvalue weighted by atomic mass is 32.1. The summed E-state index contributed by atoms with van der Waals surface area (Å²) in [6.07, 6.45) is 1.73. The van der Waals surface area contributed by atoms with Crippen molar-refractivity contribution in [3.8, 4) is 0 Å². The normalized spacial score (nSPS) is 10.2. The summed E-state index contributed by atoms with van der Waals surface area (Å²) in [5.41, 5.74) is 10.0. The smallest absolute Gasteiger partial charge is 0.103 e. The lowest BCUT2D eigenvalue weighted by molar-refractivity contribution is 0.908. The topological polar surface area (TPSA) is 50.4 Å². The van der Waals surface area contributed by atoms with E-state index in [-0.39, 0.29) is 0 Å². The molecule has 0 heterocycles. The molecule has 0 spiro atoms. The van der Waals surface area contributed by atoms with E-state index in [4.69, 9.17) is 18.0 Å². The van der Waals surface area contributed by atoms with Crippen molar-refractivity contribution in [1.29, 1.82) is 0 Å². The van der Waals surface area contributed by atoms with Gasteiger partial charge in [-0.2, -0.15) is 5.10 Å². The van der Waals surface area contributed by atoms with Crippen LogP contribution in [0.15, 0.2) is 29.4 Å². The first-order valence-electron chi connectivity index (χ1n) is 3.83. The molecular formula is C9H11N3S. The Labute approximate surface area is 82.6 Å².